The standard InChI is InChI=1S/C27H29N5O3S2/c1-19-11-12-20(2)24(17-19)31-13-15-32(16-14-31)27(33)23(18-21-7-4-3-5-8-21)30-37(34,35)25-10-6-9-22-26(25)29-36-28-22/h3-12,17,23,30H,13-16,18H2,1-2H3. The maximum absolute atomic E-state index is 13.7. The van der Waals surface area contributed by atoms with E-state index in [1.807, 2.05) is 30.3 Å². The second-order valence-electron chi connectivity index (χ2n) is 9.35. The largest absolute Gasteiger partial charge is 0.368 e. The van der Waals surface area contributed by atoms with Gasteiger partial charge in [0.25, 0.3) is 0 Å². The zero-order valence-electron chi connectivity index (χ0n) is 20.8. The van der Waals surface area contributed by atoms with Gasteiger partial charge in [-0.3, -0.25) is 4.79 Å². The van der Waals surface area contributed by atoms with E-state index in [2.05, 4.69) is 50.4 Å². The molecule has 1 saturated heterocycles. The zero-order valence-corrected chi connectivity index (χ0v) is 22.4. The zero-order chi connectivity index (χ0) is 26.0. The summed E-state index contributed by atoms with van der Waals surface area (Å²) in [6, 6.07) is 19.8. The summed E-state index contributed by atoms with van der Waals surface area (Å²) >= 11 is 0.962. The van der Waals surface area contributed by atoms with E-state index in [9.17, 15) is 13.2 Å². The lowest BCUT2D eigenvalue weighted by Crippen LogP contribution is -2.55. The van der Waals surface area contributed by atoms with Crippen LogP contribution in [0.2, 0.25) is 0 Å². The Bertz CT molecular complexity index is 1510. The van der Waals surface area contributed by atoms with Crippen LogP contribution in [0.1, 0.15) is 16.7 Å². The van der Waals surface area contributed by atoms with Crippen LogP contribution in [-0.2, 0) is 21.2 Å². The minimum atomic E-state index is -4.03. The number of sulfonamides is 1. The van der Waals surface area contributed by atoms with Crippen molar-refractivity contribution in [1.82, 2.24) is 18.4 Å². The molecule has 4 aromatic rings. The van der Waals surface area contributed by atoms with Crippen molar-refractivity contribution in [3.63, 3.8) is 0 Å². The van der Waals surface area contributed by atoms with E-state index >= 15 is 0 Å². The van der Waals surface area contributed by atoms with E-state index in [1.165, 1.54) is 22.9 Å². The number of amides is 1. The molecule has 0 bridgehead atoms. The third-order valence-corrected chi connectivity index (χ3v) is 8.76. The smallest absolute Gasteiger partial charge is 0.243 e. The van der Waals surface area contributed by atoms with Gasteiger partial charge in [-0.25, -0.2) is 8.42 Å². The first-order valence-electron chi connectivity index (χ1n) is 12.2. The first-order valence-corrected chi connectivity index (χ1v) is 14.4. The highest BCUT2D eigenvalue weighted by atomic mass is 32.2. The molecular weight excluding hydrogens is 506 g/mol. The van der Waals surface area contributed by atoms with Gasteiger partial charge < -0.3 is 9.80 Å². The van der Waals surface area contributed by atoms with Crippen LogP contribution in [0.3, 0.4) is 0 Å². The molecule has 2 heterocycles. The van der Waals surface area contributed by atoms with Crippen LogP contribution in [0.15, 0.2) is 71.6 Å². The normalized spacial score (nSPS) is 15.2. The second-order valence-corrected chi connectivity index (χ2v) is 11.6. The Balaban J connectivity index is 1.37. The average Bonchev–Trinajstić information content (AvgIpc) is 3.39. The van der Waals surface area contributed by atoms with Crippen LogP contribution in [0.25, 0.3) is 11.0 Å². The highest BCUT2D eigenvalue weighted by Crippen LogP contribution is 2.24. The highest BCUT2D eigenvalue weighted by molar-refractivity contribution is 7.89. The Morgan fingerprint density at radius 1 is 0.973 bits per heavy atom. The maximum atomic E-state index is 13.7. The number of benzene rings is 3. The quantitative estimate of drug-likeness (QED) is 0.389. The third-order valence-electron chi connectivity index (χ3n) is 6.71. The summed E-state index contributed by atoms with van der Waals surface area (Å²) in [5.74, 6) is -0.225. The van der Waals surface area contributed by atoms with Crippen LogP contribution in [-0.4, -0.2) is 60.2 Å². The molecule has 1 N–H and O–H groups in total. The van der Waals surface area contributed by atoms with Crippen molar-refractivity contribution in [2.75, 3.05) is 31.1 Å². The molecule has 1 aliphatic rings. The first-order chi connectivity index (χ1) is 17.8. The molecule has 0 saturated carbocycles. The molecular formula is C27H29N5O3S2. The van der Waals surface area contributed by atoms with Gasteiger partial charge in [0.15, 0.2) is 0 Å². The topological polar surface area (TPSA) is 95.5 Å². The van der Waals surface area contributed by atoms with E-state index in [0.717, 1.165) is 17.3 Å². The van der Waals surface area contributed by atoms with Gasteiger partial charge in [-0.1, -0.05) is 48.5 Å². The fourth-order valence-electron chi connectivity index (χ4n) is 4.73. The molecule has 192 valence electrons. The predicted molar refractivity (Wildman–Crippen MR) is 146 cm³/mol. The lowest BCUT2D eigenvalue weighted by Gasteiger charge is -2.38. The van der Waals surface area contributed by atoms with E-state index < -0.39 is 16.1 Å². The molecule has 37 heavy (non-hydrogen) atoms. The molecule has 0 radical (unpaired) electrons. The lowest BCUT2D eigenvalue weighted by atomic mass is 10.0. The summed E-state index contributed by atoms with van der Waals surface area (Å²) in [7, 11) is -4.03. The molecule has 10 heteroatoms. The molecule has 0 aliphatic carbocycles. The van der Waals surface area contributed by atoms with Gasteiger partial charge in [0.1, 0.15) is 22.0 Å². The van der Waals surface area contributed by atoms with Crippen LogP contribution in [0, 0.1) is 13.8 Å². The van der Waals surface area contributed by atoms with Crippen LogP contribution in [0.5, 0.6) is 0 Å². The molecule has 1 aromatic heterocycles. The molecule has 1 atom stereocenters. The first kappa shape index (κ1) is 25.3. The van der Waals surface area contributed by atoms with Gasteiger partial charge in [0.05, 0.1) is 11.7 Å². The summed E-state index contributed by atoms with van der Waals surface area (Å²) < 4.78 is 38.0. The van der Waals surface area contributed by atoms with Gasteiger partial charge in [0, 0.05) is 31.9 Å². The molecule has 1 unspecified atom stereocenters. The number of nitrogens with one attached hydrogen (secondary N) is 1. The van der Waals surface area contributed by atoms with E-state index in [1.54, 1.807) is 17.0 Å². The summed E-state index contributed by atoms with van der Waals surface area (Å²) in [5, 5.41) is 0. The number of anilines is 1. The number of nitrogens with zero attached hydrogens (tertiary/aromatic N) is 4. The Labute approximate surface area is 221 Å². The van der Waals surface area contributed by atoms with Gasteiger partial charge in [-0.2, -0.15) is 13.5 Å². The number of hydrogen-bond acceptors (Lipinski definition) is 7. The summed E-state index contributed by atoms with van der Waals surface area (Å²) in [6.07, 6.45) is 0.251. The average molecular weight is 536 g/mol. The Morgan fingerprint density at radius 3 is 2.49 bits per heavy atom. The van der Waals surface area contributed by atoms with E-state index in [4.69, 9.17) is 0 Å². The number of hydrogen-bond donors (Lipinski definition) is 1. The molecule has 1 aliphatic heterocycles. The summed E-state index contributed by atoms with van der Waals surface area (Å²) in [5.41, 5.74) is 5.28. The van der Waals surface area contributed by atoms with Crippen molar-refractivity contribution in [2.24, 2.45) is 0 Å². The van der Waals surface area contributed by atoms with E-state index in [-0.39, 0.29) is 17.2 Å². The number of piperazine rings is 1. The van der Waals surface area contributed by atoms with Crippen LogP contribution in [0.4, 0.5) is 5.69 Å². The number of carbonyl (C=O) groups is 1. The molecule has 1 fully saturated rings. The van der Waals surface area contributed by atoms with Gasteiger partial charge >= 0.3 is 0 Å². The highest BCUT2D eigenvalue weighted by Gasteiger charge is 2.32. The number of aromatic nitrogens is 2. The SMILES string of the molecule is Cc1ccc(C)c(N2CCN(C(=O)C(Cc3ccccc3)NS(=O)(=O)c3cccc4nsnc34)CC2)c1. The second kappa shape index (κ2) is 10.6. The number of fused-ring (bicyclic) bond motifs is 1. The fraction of sp³-hybridized carbons (Fsp3) is 0.296. The van der Waals surface area contributed by atoms with Crippen molar-refractivity contribution in [2.45, 2.75) is 31.2 Å². The number of aryl methyl sites for hydroxylation is 2. The van der Waals surface area contributed by atoms with Gasteiger partial charge in [-0.05, 0) is 55.2 Å². The molecule has 1 amide bonds. The maximum Gasteiger partial charge on any atom is 0.243 e. The van der Waals surface area contributed by atoms with Crippen LogP contribution < -0.4 is 9.62 Å². The third kappa shape index (κ3) is 5.51. The number of rotatable bonds is 7. The van der Waals surface area contributed by atoms with Crippen molar-refractivity contribution < 1.29 is 13.2 Å². The monoisotopic (exact) mass is 535 g/mol. The van der Waals surface area contributed by atoms with E-state index in [0.29, 0.717) is 37.2 Å². The Hall–Kier alpha value is -3.34. The minimum absolute atomic E-state index is 0.0318. The fourth-order valence-corrected chi connectivity index (χ4v) is 6.68. The molecule has 3 aromatic carbocycles. The summed E-state index contributed by atoms with van der Waals surface area (Å²) in [6.45, 7) is 6.57. The Kier molecular flexibility index (Phi) is 7.23. The molecule has 8 nitrogen and oxygen atoms in total. The van der Waals surface area contributed by atoms with Crippen molar-refractivity contribution in [1.29, 1.82) is 0 Å². The molecule has 0 spiro atoms. The van der Waals surface area contributed by atoms with Crippen molar-refractivity contribution in [3.8, 4) is 0 Å². The van der Waals surface area contributed by atoms with Crippen LogP contribution >= 0.6 is 11.7 Å². The van der Waals surface area contributed by atoms with Crippen molar-refractivity contribution >= 4 is 44.4 Å². The predicted octanol–water partition coefficient (Wildman–Crippen LogP) is 3.55. The summed E-state index contributed by atoms with van der Waals surface area (Å²) in [4.78, 5) is 17.8. The lowest BCUT2D eigenvalue weighted by molar-refractivity contribution is -0.133. The Morgan fingerprint density at radius 2 is 1.73 bits per heavy atom. The van der Waals surface area contributed by atoms with Gasteiger partial charge in [0.2, 0.25) is 15.9 Å². The van der Waals surface area contributed by atoms with Crippen molar-refractivity contribution in [3.05, 3.63) is 83.4 Å². The number of carbonyl (C=O) groups excluding carboxylic acids is 1. The minimum Gasteiger partial charge on any atom is -0.368 e. The molecule has 5 rings (SSSR count). The van der Waals surface area contributed by atoms with Gasteiger partial charge in [-0.15, -0.1) is 0 Å².